The Labute approximate surface area is 109 Å². The number of hydrogen-bond donors (Lipinski definition) is 1. The van der Waals surface area contributed by atoms with E-state index in [0.717, 1.165) is 52.2 Å². The first-order valence-electron chi connectivity index (χ1n) is 7.01. The molecule has 0 amide bonds. The van der Waals surface area contributed by atoms with Gasteiger partial charge in [-0.25, -0.2) is 0 Å². The Kier molecular flexibility index (Phi) is 5.41. The van der Waals surface area contributed by atoms with Gasteiger partial charge in [0.1, 0.15) is 0 Å². The molecule has 0 aromatic rings. The summed E-state index contributed by atoms with van der Waals surface area (Å²) in [7, 11) is 0. The number of hydrogen-bond acceptors (Lipinski definition) is 4. The molecule has 104 valence electrons. The van der Waals surface area contributed by atoms with Gasteiger partial charge < -0.3 is 9.84 Å². The van der Waals surface area contributed by atoms with Crippen LogP contribution in [0.4, 0.5) is 0 Å². The van der Waals surface area contributed by atoms with Crippen LogP contribution in [-0.2, 0) is 9.53 Å². The number of morpholine rings is 1. The number of rotatable bonds is 6. The predicted molar refractivity (Wildman–Crippen MR) is 68.7 cm³/mol. The molecular formula is C13H24N2O3. The SMILES string of the molecule is O=C(O)CN(CCN1CCOCC1)C1CCCC1. The molecule has 2 fully saturated rings. The zero-order chi connectivity index (χ0) is 12.8. The van der Waals surface area contributed by atoms with Gasteiger partial charge in [-0.15, -0.1) is 0 Å². The van der Waals surface area contributed by atoms with E-state index in [2.05, 4.69) is 9.80 Å². The number of ether oxygens (including phenoxy) is 1. The second kappa shape index (κ2) is 7.07. The van der Waals surface area contributed by atoms with Gasteiger partial charge in [-0.2, -0.15) is 0 Å². The lowest BCUT2D eigenvalue weighted by Crippen LogP contribution is -2.45. The number of carboxylic acid groups (broad SMARTS) is 1. The molecule has 2 aliphatic rings. The Bertz CT molecular complexity index is 261. The highest BCUT2D eigenvalue weighted by molar-refractivity contribution is 5.69. The quantitative estimate of drug-likeness (QED) is 0.756. The molecule has 2 rings (SSSR count). The number of aliphatic carboxylic acids is 1. The van der Waals surface area contributed by atoms with E-state index in [1.165, 1.54) is 12.8 Å². The van der Waals surface area contributed by atoms with E-state index in [1.54, 1.807) is 0 Å². The maximum atomic E-state index is 10.9. The van der Waals surface area contributed by atoms with E-state index in [-0.39, 0.29) is 6.54 Å². The molecule has 1 N–H and O–H groups in total. The Morgan fingerprint density at radius 3 is 2.56 bits per heavy atom. The zero-order valence-corrected chi connectivity index (χ0v) is 11.0. The average molecular weight is 256 g/mol. The van der Waals surface area contributed by atoms with E-state index in [1.807, 2.05) is 0 Å². The number of carboxylic acids is 1. The molecule has 1 heterocycles. The molecule has 0 aromatic heterocycles. The fraction of sp³-hybridized carbons (Fsp3) is 0.923. The molecule has 5 heteroatoms. The van der Waals surface area contributed by atoms with Crippen LogP contribution in [0.25, 0.3) is 0 Å². The highest BCUT2D eigenvalue weighted by Crippen LogP contribution is 2.23. The van der Waals surface area contributed by atoms with Crippen molar-refractivity contribution in [2.75, 3.05) is 45.9 Å². The van der Waals surface area contributed by atoms with Gasteiger partial charge in [0.05, 0.1) is 19.8 Å². The minimum Gasteiger partial charge on any atom is -0.480 e. The third kappa shape index (κ3) is 4.23. The van der Waals surface area contributed by atoms with Crippen molar-refractivity contribution in [3.8, 4) is 0 Å². The lowest BCUT2D eigenvalue weighted by atomic mass is 10.2. The van der Waals surface area contributed by atoms with Crippen molar-refractivity contribution in [3.63, 3.8) is 0 Å². The van der Waals surface area contributed by atoms with Crippen LogP contribution < -0.4 is 0 Å². The van der Waals surface area contributed by atoms with Crippen LogP contribution in [0.2, 0.25) is 0 Å². The van der Waals surface area contributed by atoms with Crippen LogP contribution in [0.15, 0.2) is 0 Å². The van der Waals surface area contributed by atoms with Gasteiger partial charge in [-0.1, -0.05) is 12.8 Å². The third-order valence-electron chi connectivity index (χ3n) is 3.99. The van der Waals surface area contributed by atoms with Crippen LogP contribution >= 0.6 is 0 Å². The summed E-state index contributed by atoms with van der Waals surface area (Å²) in [6, 6.07) is 0.488. The van der Waals surface area contributed by atoms with Crippen LogP contribution in [0.3, 0.4) is 0 Å². The van der Waals surface area contributed by atoms with Gasteiger partial charge in [-0.05, 0) is 12.8 Å². The normalized spacial score (nSPS) is 22.7. The van der Waals surface area contributed by atoms with E-state index < -0.39 is 5.97 Å². The lowest BCUT2D eigenvalue weighted by Gasteiger charge is -2.32. The summed E-state index contributed by atoms with van der Waals surface area (Å²) >= 11 is 0. The Morgan fingerprint density at radius 1 is 1.28 bits per heavy atom. The highest BCUT2D eigenvalue weighted by atomic mass is 16.5. The summed E-state index contributed by atoms with van der Waals surface area (Å²) in [5.74, 6) is -0.705. The van der Waals surface area contributed by atoms with Crippen molar-refractivity contribution < 1.29 is 14.6 Å². The van der Waals surface area contributed by atoms with Crippen LogP contribution in [0, 0.1) is 0 Å². The zero-order valence-electron chi connectivity index (χ0n) is 11.0. The minimum atomic E-state index is -0.705. The highest BCUT2D eigenvalue weighted by Gasteiger charge is 2.24. The van der Waals surface area contributed by atoms with Gasteiger partial charge in [0.15, 0.2) is 0 Å². The van der Waals surface area contributed by atoms with Crippen LogP contribution in [-0.4, -0.2) is 72.9 Å². The summed E-state index contributed by atoms with van der Waals surface area (Å²) < 4.78 is 5.32. The standard InChI is InChI=1S/C13H24N2O3/c16-13(17)11-15(12-3-1-2-4-12)6-5-14-7-9-18-10-8-14/h12H,1-11H2,(H,16,17). The first kappa shape index (κ1) is 13.8. The number of carbonyl (C=O) groups is 1. The molecule has 0 atom stereocenters. The topological polar surface area (TPSA) is 53.0 Å². The van der Waals surface area contributed by atoms with Crippen molar-refractivity contribution in [1.29, 1.82) is 0 Å². The van der Waals surface area contributed by atoms with E-state index >= 15 is 0 Å². The summed E-state index contributed by atoms with van der Waals surface area (Å²) in [6.45, 7) is 5.60. The van der Waals surface area contributed by atoms with Crippen molar-refractivity contribution >= 4 is 5.97 Å². The third-order valence-corrected chi connectivity index (χ3v) is 3.99. The first-order valence-corrected chi connectivity index (χ1v) is 7.01. The van der Waals surface area contributed by atoms with Gasteiger partial charge >= 0.3 is 5.97 Å². The molecule has 0 bridgehead atoms. The minimum absolute atomic E-state index is 0.189. The fourth-order valence-corrected chi connectivity index (χ4v) is 2.93. The molecule has 0 aromatic carbocycles. The molecule has 1 aliphatic heterocycles. The fourth-order valence-electron chi connectivity index (χ4n) is 2.93. The Hall–Kier alpha value is -0.650. The summed E-state index contributed by atoms with van der Waals surface area (Å²) in [6.07, 6.45) is 4.82. The van der Waals surface area contributed by atoms with Crippen molar-refractivity contribution in [3.05, 3.63) is 0 Å². The van der Waals surface area contributed by atoms with E-state index in [4.69, 9.17) is 9.84 Å². The molecule has 0 spiro atoms. The molecule has 18 heavy (non-hydrogen) atoms. The summed E-state index contributed by atoms with van der Waals surface area (Å²) in [5.41, 5.74) is 0. The summed E-state index contributed by atoms with van der Waals surface area (Å²) in [5, 5.41) is 9.01. The van der Waals surface area contributed by atoms with Gasteiger partial charge in [-0.3, -0.25) is 14.6 Å². The van der Waals surface area contributed by atoms with Crippen molar-refractivity contribution in [2.45, 2.75) is 31.7 Å². The summed E-state index contributed by atoms with van der Waals surface area (Å²) in [4.78, 5) is 15.5. The van der Waals surface area contributed by atoms with E-state index in [9.17, 15) is 4.79 Å². The van der Waals surface area contributed by atoms with E-state index in [0.29, 0.717) is 6.04 Å². The second-order valence-electron chi connectivity index (χ2n) is 5.26. The first-order chi connectivity index (χ1) is 8.75. The molecule has 5 nitrogen and oxygen atoms in total. The number of nitrogens with zero attached hydrogens (tertiary/aromatic N) is 2. The van der Waals surface area contributed by atoms with Crippen LogP contribution in [0.5, 0.6) is 0 Å². The van der Waals surface area contributed by atoms with Gasteiger partial charge in [0, 0.05) is 32.2 Å². The lowest BCUT2D eigenvalue weighted by molar-refractivity contribution is -0.139. The smallest absolute Gasteiger partial charge is 0.317 e. The maximum Gasteiger partial charge on any atom is 0.317 e. The molecule has 0 radical (unpaired) electrons. The predicted octanol–water partition coefficient (Wildman–Crippen LogP) is 0.648. The molecule has 1 saturated heterocycles. The molecule has 1 aliphatic carbocycles. The molecule has 0 unspecified atom stereocenters. The average Bonchev–Trinajstić information content (AvgIpc) is 2.89. The van der Waals surface area contributed by atoms with Crippen molar-refractivity contribution in [2.24, 2.45) is 0 Å². The Balaban J connectivity index is 1.78. The maximum absolute atomic E-state index is 10.9. The monoisotopic (exact) mass is 256 g/mol. The largest absolute Gasteiger partial charge is 0.480 e. The van der Waals surface area contributed by atoms with Crippen molar-refractivity contribution in [1.82, 2.24) is 9.80 Å². The molecular weight excluding hydrogens is 232 g/mol. The second-order valence-corrected chi connectivity index (χ2v) is 5.26. The Morgan fingerprint density at radius 2 is 1.94 bits per heavy atom. The molecule has 1 saturated carbocycles. The van der Waals surface area contributed by atoms with Crippen LogP contribution in [0.1, 0.15) is 25.7 Å². The van der Waals surface area contributed by atoms with Gasteiger partial charge in [0.2, 0.25) is 0 Å². The van der Waals surface area contributed by atoms with Gasteiger partial charge in [0.25, 0.3) is 0 Å².